The third kappa shape index (κ3) is 5.20. The van der Waals surface area contributed by atoms with Crippen LogP contribution in [0.15, 0.2) is 41.8 Å². The molecule has 0 spiro atoms. The second-order valence-electron chi connectivity index (χ2n) is 4.95. The van der Waals surface area contributed by atoms with Gasteiger partial charge in [-0.15, -0.1) is 11.3 Å². The molecular formula is C17H18N2O4S. The third-order valence-corrected chi connectivity index (χ3v) is 4.12. The van der Waals surface area contributed by atoms with Crippen molar-refractivity contribution in [3.8, 4) is 0 Å². The summed E-state index contributed by atoms with van der Waals surface area (Å²) < 4.78 is 4.62. The average molecular weight is 346 g/mol. The molecule has 0 aliphatic rings. The van der Waals surface area contributed by atoms with Crippen molar-refractivity contribution in [2.24, 2.45) is 0 Å². The summed E-state index contributed by atoms with van der Waals surface area (Å²) in [5.74, 6) is -0.721. The zero-order valence-corrected chi connectivity index (χ0v) is 14.0. The largest absolute Gasteiger partial charge is 0.465 e. The van der Waals surface area contributed by atoms with Gasteiger partial charge < -0.3 is 15.4 Å². The summed E-state index contributed by atoms with van der Waals surface area (Å²) in [4.78, 5) is 35.4. The van der Waals surface area contributed by atoms with Crippen molar-refractivity contribution in [2.75, 3.05) is 13.7 Å². The van der Waals surface area contributed by atoms with Gasteiger partial charge in [-0.1, -0.05) is 18.2 Å². The number of esters is 1. The van der Waals surface area contributed by atoms with Gasteiger partial charge in [-0.2, -0.15) is 0 Å². The molecule has 7 heteroatoms. The van der Waals surface area contributed by atoms with Gasteiger partial charge in [0.2, 0.25) is 5.91 Å². The molecule has 6 nitrogen and oxygen atoms in total. The molecule has 0 bridgehead atoms. The van der Waals surface area contributed by atoms with E-state index in [2.05, 4.69) is 15.4 Å². The van der Waals surface area contributed by atoms with Crippen LogP contribution in [0.4, 0.5) is 0 Å². The summed E-state index contributed by atoms with van der Waals surface area (Å²) in [7, 11) is 1.33. The Balaban J connectivity index is 1.69. The Hall–Kier alpha value is -2.67. The van der Waals surface area contributed by atoms with E-state index in [1.54, 1.807) is 36.4 Å². The molecule has 0 aliphatic carbocycles. The van der Waals surface area contributed by atoms with E-state index in [0.29, 0.717) is 17.0 Å². The van der Waals surface area contributed by atoms with Gasteiger partial charge in [0.05, 0.1) is 17.6 Å². The standard InChI is InChI=1S/C17H18N2O4S/c1-23-17(22)13-6-4-12(5-7-13)11-19-15(20)8-9-18-16(21)14-3-2-10-24-14/h2-7,10H,8-9,11H2,1H3,(H,18,21)(H,19,20). The molecule has 0 radical (unpaired) electrons. The monoisotopic (exact) mass is 346 g/mol. The van der Waals surface area contributed by atoms with Crippen molar-refractivity contribution >= 4 is 29.1 Å². The van der Waals surface area contributed by atoms with Crippen molar-refractivity contribution in [2.45, 2.75) is 13.0 Å². The maximum absolute atomic E-state index is 11.8. The van der Waals surface area contributed by atoms with E-state index in [4.69, 9.17) is 0 Å². The molecule has 0 unspecified atom stereocenters. The van der Waals surface area contributed by atoms with Crippen LogP contribution in [-0.2, 0) is 16.1 Å². The molecule has 2 aromatic rings. The second kappa shape index (κ2) is 8.83. The number of rotatable bonds is 7. The van der Waals surface area contributed by atoms with Gasteiger partial charge >= 0.3 is 5.97 Å². The molecule has 1 heterocycles. The first kappa shape index (κ1) is 17.7. The highest BCUT2D eigenvalue weighted by Crippen LogP contribution is 2.07. The fourth-order valence-electron chi connectivity index (χ4n) is 1.95. The number of benzene rings is 1. The molecule has 1 aromatic heterocycles. The molecule has 2 N–H and O–H groups in total. The van der Waals surface area contributed by atoms with E-state index in [-0.39, 0.29) is 24.8 Å². The van der Waals surface area contributed by atoms with E-state index in [1.165, 1.54) is 18.4 Å². The van der Waals surface area contributed by atoms with E-state index < -0.39 is 5.97 Å². The first-order valence-electron chi connectivity index (χ1n) is 7.36. The number of methoxy groups -OCH3 is 1. The average Bonchev–Trinajstić information content (AvgIpc) is 3.14. The molecule has 2 rings (SSSR count). The Kier molecular flexibility index (Phi) is 6.51. The predicted molar refractivity (Wildman–Crippen MR) is 90.9 cm³/mol. The summed E-state index contributed by atoms with van der Waals surface area (Å²) in [6, 6.07) is 10.3. The number of thiophene rings is 1. The number of hydrogen-bond donors (Lipinski definition) is 2. The molecular weight excluding hydrogens is 328 g/mol. The SMILES string of the molecule is COC(=O)c1ccc(CNC(=O)CCNC(=O)c2cccs2)cc1. The van der Waals surface area contributed by atoms with Crippen molar-refractivity contribution in [1.82, 2.24) is 10.6 Å². The van der Waals surface area contributed by atoms with Crippen LogP contribution in [0.5, 0.6) is 0 Å². The highest BCUT2D eigenvalue weighted by Gasteiger charge is 2.08. The summed E-state index contributed by atoms with van der Waals surface area (Å²) in [5.41, 5.74) is 1.34. The number of carbonyl (C=O) groups excluding carboxylic acids is 3. The van der Waals surface area contributed by atoms with Crippen LogP contribution in [0.25, 0.3) is 0 Å². The van der Waals surface area contributed by atoms with Crippen LogP contribution in [0.2, 0.25) is 0 Å². The Labute approximate surface area is 143 Å². The summed E-state index contributed by atoms with van der Waals surface area (Å²) in [6.45, 7) is 0.642. The summed E-state index contributed by atoms with van der Waals surface area (Å²) >= 11 is 1.36. The molecule has 0 saturated heterocycles. The first-order valence-corrected chi connectivity index (χ1v) is 8.24. The molecule has 1 aromatic carbocycles. The Morgan fingerprint density at radius 1 is 1.08 bits per heavy atom. The fraction of sp³-hybridized carbons (Fsp3) is 0.235. The van der Waals surface area contributed by atoms with Crippen molar-refractivity contribution < 1.29 is 19.1 Å². The summed E-state index contributed by atoms with van der Waals surface area (Å²) in [5, 5.41) is 7.29. The number of nitrogens with one attached hydrogen (secondary N) is 2. The van der Waals surface area contributed by atoms with Crippen LogP contribution >= 0.6 is 11.3 Å². The van der Waals surface area contributed by atoms with E-state index in [9.17, 15) is 14.4 Å². The van der Waals surface area contributed by atoms with Gasteiger partial charge in [0.1, 0.15) is 0 Å². The Bertz CT molecular complexity index is 696. The Morgan fingerprint density at radius 2 is 1.83 bits per heavy atom. The van der Waals surface area contributed by atoms with Gasteiger partial charge in [0, 0.05) is 19.5 Å². The first-order chi connectivity index (χ1) is 11.6. The highest BCUT2D eigenvalue weighted by atomic mass is 32.1. The van der Waals surface area contributed by atoms with Crippen molar-refractivity contribution in [3.63, 3.8) is 0 Å². The topological polar surface area (TPSA) is 84.5 Å². The van der Waals surface area contributed by atoms with Gasteiger partial charge in [-0.3, -0.25) is 9.59 Å². The van der Waals surface area contributed by atoms with Crippen molar-refractivity contribution in [3.05, 3.63) is 57.8 Å². The maximum Gasteiger partial charge on any atom is 0.337 e. The molecule has 0 saturated carbocycles. The lowest BCUT2D eigenvalue weighted by atomic mass is 10.1. The number of ether oxygens (including phenoxy) is 1. The zero-order valence-electron chi connectivity index (χ0n) is 13.2. The molecule has 0 aliphatic heterocycles. The van der Waals surface area contributed by atoms with Crippen LogP contribution in [0.3, 0.4) is 0 Å². The minimum absolute atomic E-state index is 0.154. The van der Waals surface area contributed by atoms with Gasteiger partial charge in [-0.05, 0) is 29.1 Å². The minimum atomic E-state index is -0.396. The molecule has 0 atom stereocenters. The van der Waals surface area contributed by atoms with E-state index in [0.717, 1.165) is 5.56 Å². The molecule has 24 heavy (non-hydrogen) atoms. The lowest BCUT2D eigenvalue weighted by molar-refractivity contribution is -0.121. The fourth-order valence-corrected chi connectivity index (χ4v) is 2.59. The minimum Gasteiger partial charge on any atom is -0.465 e. The number of amides is 2. The number of hydrogen-bond acceptors (Lipinski definition) is 5. The summed E-state index contributed by atoms with van der Waals surface area (Å²) in [6.07, 6.45) is 0.206. The Morgan fingerprint density at radius 3 is 2.46 bits per heavy atom. The number of carbonyl (C=O) groups is 3. The van der Waals surface area contributed by atoms with Gasteiger partial charge in [0.25, 0.3) is 5.91 Å². The lowest BCUT2D eigenvalue weighted by Gasteiger charge is -2.07. The van der Waals surface area contributed by atoms with Crippen LogP contribution in [-0.4, -0.2) is 31.4 Å². The smallest absolute Gasteiger partial charge is 0.337 e. The quantitative estimate of drug-likeness (QED) is 0.751. The maximum atomic E-state index is 11.8. The van der Waals surface area contributed by atoms with Crippen LogP contribution in [0, 0.1) is 0 Å². The van der Waals surface area contributed by atoms with Crippen LogP contribution in [0.1, 0.15) is 32.0 Å². The van der Waals surface area contributed by atoms with E-state index >= 15 is 0 Å². The van der Waals surface area contributed by atoms with Crippen molar-refractivity contribution in [1.29, 1.82) is 0 Å². The molecule has 2 amide bonds. The van der Waals surface area contributed by atoms with E-state index in [1.807, 2.05) is 5.38 Å². The van der Waals surface area contributed by atoms with Gasteiger partial charge in [-0.25, -0.2) is 4.79 Å². The third-order valence-electron chi connectivity index (χ3n) is 3.25. The normalized spacial score (nSPS) is 10.0. The lowest BCUT2D eigenvalue weighted by Crippen LogP contribution is -2.30. The zero-order chi connectivity index (χ0) is 17.4. The van der Waals surface area contributed by atoms with Crippen LogP contribution < -0.4 is 10.6 Å². The predicted octanol–water partition coefficient (Wildman–Crippen LogP) is 1.97. The highest BCUT2D eigenvalue weighted by molar-refractivity contribution is 7.12. The van der Waals surface area contributed by atoms with Gasteiger partial charge in [0.15, 0.2) is 0 Å². The molecule has 126 valence electrons. The second-order valence-corrected chi connectivity index (χ2v) is 5.90. The molecule has 0 fully saturated rings.